The number of aromatic nitrogens is 1. The lowest BCUT2D eigenvalue weighted by Gasteiger charge is -2.12. The molecule has 0 spiro atoms. The first kappa shape index (κ1) is 20.2. The molecule has 150 valence electrons. The number of carbonyl (C=O) groups excluding carboxylic acids is 1. The van der Waals surface area contributed by atoms with Crippen LogP contribution in [-0.2, 0) is 0 Å². The highest BCUT2D eigenvalue weighted by Gasteiger charge is 2.11. The number of benzene rings is 2. The van der Waals surface area contributed by atoms with E-state index in [2.05, 4.69) is 15.6 Å². The summed E-state index contributed by atoms with van der Waals surface area (Å²) in [7, 11) is 1.57. The van der Waals surface area contributed by atoms with Gasteiger partial charge in [0.15, 0.2) is 0 Å². The van der Waals surface area contributed by atoms with Crippen molar-refractivity contribution in [3.63, 3.8) is 0 Å². The zero-order valence-corrected chi connectivity index (χ0v) is 17.0. The number of methoxy groups -OCH3 is 1. The molecule has 2 N–H and O–H groups in total. The summed E-state index contributed by atoms with van der Waals surface area (Å²) in [6.45, 7) is 5.93. The molecular weight excluding hydrogens is 366 g/mol. The van der Waals surface area contributed by atoms with Crippen LogP contribution in [-0.4, -0.2) is 24.1 Å². The molecule has 0 atom stereocenters. The van der Waals surface area contributed by atoms with Crippen LogP contribution in [0.2, 0.25) is 0 Å². The lowest BCUT2D eigenvalue weighted by Crippen LogP contribution is -2.13. The lowest BCUT2D eigenvalue weighted by molar-refractivity contribution is 0.102. The summed E-state index contributed by atoms with van der Waals surface area (Å²) in [5, 5.41) is 6.08. The molecule has 0 aliphatic carbocycles. The van der Waals surface area contributed by atoms with Gasteiger partial charge in [0, 0.05) is 11.9 Å². The fraction of sp³-hybridized carbons (Fsp3) is 0.217. The van der Waals surface area contributed by atoms with E-state index in [9.17, 15) is 4.79 Å². The molecule has 2 aromatic carbocycles. The fourth-order valence-corrected chi connectivity index (χ4v) is 2.75. The molecule has 0 aliphatic rings. The van der Waals surface area contributed by atoms with Gasteiger partial charge in [-0.3, -0.25) is 4.79 Å². The number of rotatable bonds is 7. The Morgan fingerprint density at radius 1 is 1.03 bits per heavy atom. The van der Waals surface area contributed by atoms with Gasteiger partial charge in [0.05, 0.1) is 24.5 Å². The molecule has 0 unspecified atom stereocenters. The number of hydrogen-bond donors (Lipinski definition) is 2. The molecule has 1 amide bonds. The summed E-state index contributed by atoms with van der Waals surface area (Å²) in [5.41, 5.74) is 3.00. The Morgan fingerprint density at radius 2 is 1.79 bits per heavy atom. The maximum Gasteiger partial charge on any atom is 0.257 e. The number of hydrogen-bond acceptors (Lipinski definition) is 5. The number of aryl methyl sites for hydroxylation is 1. The third kappa shape index (κ3) is 5.48. The molecule has 0 fully saturated rings. The monoisotopic (exact) mass is 391 g/mol. The second-order valence-electron chi connectivity index (χ2n) is 6.91. The molecule has 6 nitrogen and oxygen atoms in total. The molecule has 0 saturated heterocycles. The van der Waals surface area contributed by atoms with Gasteiger partial charge in [0.2, 0.25) is 0 Å². The van der Waals surface area contributed by atoms with Gasteiger partial charge in [0.25, 0.3) is 5.91 Å². The third-order valence-corrected chi connectivity index (χ3v) is 4.13. The van der Waals surface area contributed by atoms with Crippen molar-refractivity contribution in [2.75, 3.05) is 17.7 Å². The molecule has 3 rings (SSSR count). The molecule has 1 heterocycles. The highest BCUT2D eigenvalue weighted by molar-refractivity contribution is 6.05. The van der Waals surface area contributed by atoms with Crippen molar-refractivity contribution in [3.8, 4) is 11.5 Å². The molecule has 0 saturated carbocycles. The standard InChI is InChI=1S/C23H25N3O3/c1-15(2)29-19-9-7-18(8-10-19)25-22-12-6-17(14-24-22)23(27)26-20-13-16(3)5-11-21(20)28-4/h5-15H,1-4H3,(H,24,25)(H,26,27). The van der Waals surface area contributed by atoms with E-state index in [1.54, 1.807) is 19.2 Å². The van der Waals surface area contributed by atoms with Crippen molar-refractivity contribution in [3.05, 3.63) is 71.9 Å². The quantitative estimate of drug-likeness (QED) is 0.580. The molecular formula is C23H25N3O3. The van der Waals surface area contributed by atoms with Crippen LogP contribution in [0.3, 0.4) is 0 Å². The van der Waals surface area contributed by atoms with Crippen LogP contribution < -0.4 is 20.1 Å². The van der Waals surface area contributed by atoms with E-state index in [-0.39, 0.29) is 12.0 Å². The Labute approximate surface area is 170 Å². The third-order valence-electron chi connectivity index (χ3n) is 4.13. The minimum absolute atomic E-state index is 0.133. The minimum atomic E-state index is -0.247. The van der Waals surface area contributed by atoms with Gasteiger partial charge in [-0.15, -0.1) is 0 Å². The van der Waals surface area contributed by atoms with Gasteiger partial charge < -0.3 is 20.1 Å². The van der Waals surface area contributed by atoms with Crippen LogP contribution in [0.4, 0.5) is 17.2 Å². The van der Waals surface area contributed by atoms with Crippen molar-refractivity contribution in [2.24, 2.45) is 0 Å². The van der Waals surface area contributed by atoms with Crippen LogP contribution in [0.1, 0.15) is 29.8 Å². The smallest absolute Gasteiger partial charge is 0.257 e. The van der Waals surface area contributed by atoms with Crippen LogP contribution >= 0.6 is 0 Å². The Hall–Kier alpha value is -3.54. The average molecular weight is 391 g/mol. The molecule has 1 aromatic heterocycles. The Bertz CT molecular complexity index is 968. The second kappa shape index (κ2) is 9.10. The molecule has 0 aliphatic heterocycles. The minimum Gasteiger partial charge on any atom is -0.495 e. The van der Waals surface area contributed by atoms with Crippen LogP contribution in [0.15, 0.2) is 60.8 Å². The van der Waals surface area contributed by atoms with E-state index in [4.69, 9.17) is 9.47 Å². The Morgan fingerprint density at radius 3 is 2.41 bits per heavy atom. The highest BCUT2D eigenvalue weighted by Crippen LogP contribution is 2.26. The lowest BCUT2D eigenvalue weighted by atomic mass is 10.2. The van der Waals surface area contributed by atoms with Crippen LogP contribution in [0.5, 0.6) is 11.5 Å². The summed E-state index contributed by atoms with van der Waals surface area (Å²) in [6, 6.07) is 16.8. The van der Waals surface area contributed by atoms with Gasteiger partial charge in [-0.05, 0) is 74.9 Å². The van der Waals surface area contributed by atoms with Crippen molar-refractivity contribution < 1.29 is 14.3 Å². The number of nitrogens with zero attached hydrogens (tertiary/aromatic N) is 1. The Balaban J connectivity index is 1.65. The van der Waals surface area contributed by atoms with Crippen LogP contribution in [0.25, 0.3) is 0 Å². The fourth-order valence-electron chi connectivity index (χ4n) is 2.75. The average Bonchev–Trinajstić information content (AvgIpc) is 2.70. The van der Waals surface area contributed by atoms with Crippen molar-refractivity contribution in [1.29, 1.82) is 0 Å². The van der Waals surface area contributed by atoms with Gasteiger partial charge in [-0.25, -0.2) is 4.98 Å². The molecule has 29 heavy (non-hydrogen) atoms. The normalized spacial score (nSPS) is 10.5. The van der Waals surface area contributed by atoms with Gasteiger partial charge in [-0.1, -0.05) is 6.07 Å². The summed E-state index contributed by atoms with van der Waals surface area (Å²) in [6.07, 6.45) is 1.67. The molecule has 3 aromatic rings. The first-order chi connectivity index (χ1) is 13.9. The highest BCUT2D eigenvalue weighted by atomic mass is 16.5. The van der Waals surface area contributed by atoms with E-state index in [1.807, 2.05) is 63.2 Å². The summed E-state index contributed by atoms with van der Waals surface area (Å²) in [5.74, 6) is 1.83. The van der Waals surface area contributed by atoms with E-state index in [1.165, 1.54) is 6.20 Å². The molecule has 6 heteroatoms. The largest absolute Gasteiger partial charge is 0.495 e. The van der Waals surface area contributed by atoms with Gasteiger partial charge in [0.1, 0.15) is 17.3 Å². The predicted molar refractivity (Wildman–Crippen MR) is 115 cm³/mol. The zero-order valence-electron chi connectivity index (χ0n) is 17.0. The maximum atomic E-state index is 12.5. The van der Waals surface area contributed by atoms with E-state index in [0.717, 1.165) is 17.0 Å². The molecule has 0 radical (unpaired) electrons. The van der Waals surface area contributed by atoms with Gasteiger partial charge >= 0.3 is 0 Å². The number of nitrogens with one attached hydrogen (secondary N) is 2. The molecule has 0 bridgehead atoms. The number of carbonyl (C=O) groups is 1. The number of anilines is 3. The van der Waals surface area contributed by atoms with Crippen LogP contribution in [0, 0.1) is 6.92 Å². The maximum absolute atomic E-state index is 12.5. The summed E-state index contributed by atoms with van der Waals surface area (Å²) >= 11 is 0. The number of pyridine rings is 1. The van der Waals surface area contributed by atoms with Crippen molar-refractivity contribution in [2.45, 2.75) is 26.9 Å². The topological polar surface area (TPSA) is 72.5 Å². The number of ether oxygens (including phenoxy) is 2. The van der Waals surface area contributed by atoms with E-state index < -0.39 is 0 Å². The predicted octanol–water partition coefficient (Wildman–Crippen LogP) is 5.18. The van der Waals surface area contributed by atoms with Crippen molar-refractivity contribution in [1.82, 2.24) is 4.98 Å². The Kier molecular flexibility index (Phi) is 6.34. The second-order valence-corrected chi connectivity index (χ2v) is 6.91. The van der Waals surface area contributed by atoms with Gasteiger partial charge in [-0.2, -0.15) is 0 Å². The number of amides is 1. The zero-order chi connectivity index (χ0) is 20.8. The summed E-state index contributed by atoms with van der Waals surface area (Å²) in [4.78, 5) is 16.9. The summed E-state index contributed by atoms with van der Waals surface area (Å²) < 4.78 is 10.9. The first-order valence-electron chi connectivity index (χ1n) is 9.40. The van der Waals surface area contributed by atoms with E-state index >= 15 is 0 Å². The SMILES string of the molecule is COc1ccc(C)cc1NC(=O)c1ccc(Nc2ccc(OC(C)C)cc2)nc1. The van der Waals surface area contributed by atoms with E-state index in [0.29, 0.717) is 22.8 Å². The first-order valence-corrected chi connectivity index (χ1v) is 9.40. The van der Waals surface area contributed by atoms with Crippen molar-refractivity contribution >= 4 is 23.1 Å².